The molecule has 0 bridgehead atoms. The van der Waals surface area contributed by atoms with E-state index in [1.54, 1.807) is 11.3 Å². The molecule has 15 heavy (non-hydrogen) atoms. The first-order valence-electron chi connectivity index (χ1n) is 4.97. The van der Waals surface area contributed by atoms with Crippen molar-refractivity contribution >= 4 is 17.4 Å². The van der Waals surface area contributed by atoms with Gasteiger partial charge in [-0.25, -0.2) is 9.86 Å². The SMILES string of the molecule is NC(=O)N(O)CCC1CC1c1cccs1. The van der Waals surface area contributed by atoms with Gasteiger partial charge >= 0.3 is 6.03 Å². The summed E-state index contributed by atoms with van der Waals surface area (Å²) in [6.45, 7) is 0.335. The van der Waals surface area contributed by atoms with Gasteiger partial charge in [-0.05, 0) is 36.1 Å². The summed E-state index contributed by atoms with van der Waals surface area (Å²) in [5, 5.41) is 11.7. The lowest BCUT2D eigenvalue weighted by molar-refractivity contribution is -0.0410. The minimum atomic E-state index is -0.775. The third kappa shape index (κ3) is 2.49. The van der Waals surface area contributed by atoms with E-state index in [1.807, 2.05) is 0 Å². The normalized spacial score (nSPS) is 23.8. The maximum absolute atomic E-state index is 10.5. The summed E-state index contributed by atoms with van der Waals surface area (Å²) in [5.74, 6) is 1.23. The number of rotatable bonds is 4. The molecule has 1 aromatic rings. The van der Waals surface area contributed by atoms with Crippen LogP contribution in [-0.4, -0.2) is 22.8 Å². The van der Waals surface area contributed by atoms with Gasteiger partial charge in [-0.15, -0.1) is 11.3 Å². The lowest BCUT2D eigenvalue weighted by Gasteiger charge is -2.10. The van der Waals surface area contributed by atoms with Gasteiger partial charge in [-0.2, -0.15) is 0 Å². The highest BCUT2D eigenvalue weighted by Crippen LogP contribution is 2.50. The molecule has 1 saturated carbocycles. The summed E-state index contributed by atoms with van der Waals surface area (Å²) >= 11 is 1.77. The smallest absolute Gasteiger partial charge is 0.338 e. The van der Waals surface area contributed by atoms with Crippen molar-refractivity contribution in [2.75, 3.05) is 6.54 Å². The van der Waals surface area contributed by atoms with E-state index in [1.165, 1.54) is 4.88 Å². The van der Waals surface area contributed by atoms with Gasteiger partial charge in [-0.3, -0.25) is 5.21 Å². The van der Waals surface area contributed by atoms with Gasteiger partial charge in [0.2, 0.25) is 0 Å². The molecule has 0 spiro atoms. The van der Waals surface area contributed by atoms with Crippen LogP contribution in [0.1, 0.15) is 23.6 Å². The van der Waals surface area contributed by atoms with Crippen LogP contribution in [0.3, 0.4) is 0 Å². The Morgan fingerprint density at radius 2 is 2.53 bits per heavy atom. The lowest BCUT2D eigenvalue weighted by Crippen LogP contribution is -2.33. The first-order chi connectivity index (χ1) is 7.18. The van der Waals surface area contributed by atoms with E-state index < -0.39 is 6.03 Å². The average Bonchev–Trinajstić information content (AvgIpc) is 2.76. The molecule has 5 heteroatoms. The molecule has 1 aromatic heterocycles. The van der Waals surface area contributed by atoms with Gasteiger partial charge in [0.15, 0.2) is 0 Å². The number of urea groups is 1. The van der Waals surface area contributed by atoms with Gasteiger partial charge in [0.1, 0.15) is 0 Å². The molecule has 2 amide bonds. The molecule has 1 aliphatic rings. The van der Waals surface area contributed by atoms with Gasteiger partial charge in [0.25, 0.3) is 0 Å². The van der Waals surface area contributed by atoms with Gasteiger partial charge < -0.3 is 5.73 Å². The Labute approximate surface area is 92.3 Å². The first kappa shape index (κ1) is 10.4. The van der Waals surface area contributed by atoms with Crippen LogP contribution in [0.2, 0.25) is 0 Å². The zero-order valence-electron chi connectivity index (χ0n) is 8.30. The van der Waals surface area contributed by atoms with Crippen molar-refractivity contribution in [3.63, 3.8) is 0 Å². The standard InChI is InChI=1S/C10H14N2O2S/c11-10(13)12(14)4-3-7-6-8(7)9-2-1-5-15-9/h1-2,5,7-8,14H,3-4,6H2,(H2,11,13). The highest BCUT2D eigenvalue weighted by molar-refractivity contribution is 7.10. The fraction of sp³-hybridized carbons (Fsp3) is 0.500. The van der Waals surface area contributed by atoms with Crippen molar-refractivity contribution in [1.82, 2.24) is 5.06 Å². The molecular weight excluding hydrogens is 212 g/mol. The number of hydroxylamine groups is 2. The van der Waals surface area contributed by atoms with Crippen molar-refractivity contribution < 1.29 is 10.0 Å². The topological polar surface area (TPSA) is 66.6 Å². The van der Waals surface area contributed by atoms with Gasteiger partial charge in [-0.1, -0.05) is 6.07 Å². The van der Waals surface area contributed by atoms with Crippen LogP contribution in [0.5, 0.6) is 0 Å². The number of thiophene rings is 1. The van der Waals surface area contributed by atoms with Crippen molar-refractivity contribution in [2.24, 2.45) is 11.7 Å². The second-order valence-corrected chi connectivity index (χ2v) is 4.85. The van der Waals surface area contributed by atoms with Crippen molar-refractivity contribution in [2.45, 2.75) is 18.8 Å². The Hall–Kier alpha value is -1.07. The summed E-state index contributed by atoms with van der Waals surface area (Å²) in [6.07, 6.45) is 1.98. The molecule has 1 heterocycles. The number of nitrogens with zero attached hydrogens (tertiary/aromatic N) is 1. The van der Waals surface area contributed by atoms with Crippen molar-refractivity contribution in [3.05, 3.63) is 22.4 Å². The lowest BCUT2D eigenvalue weighted by atomic mass is 10.2. The number of carbonyl (C=O) groups excluding carboxylic acids is 1. The molecule has 1 aliphatic carbocycles. The highest BCUT2D eigenvalue weighted by Gasteiger charge is 2.38. The molecule has 0 aromatic carbocycles. The highest BCUT2D eigenvalue weighted by atomic mass is 32.1. The Morgan fingerprint density at radius 1 is 1.73 bits per heavy atom. The summed E-state index contributed by atoms with van der Waals surface area (Å²) < 4.78 is 0. The molecule has 4 nitrogen and oxygen atoms in total. The van der Waals surface area contributed by atoms with E-state index in [-0.39, 0.29) is 0 Å². The number of amides is 2. The van der Waals surface area contributed by atoms with Crippen molar-refractivity contribution in [3.8, 4) is 0 Å². The van der Waals surface area contributed by atoms with Gasteiger partial charge in [0.05, 0.1) is 6.54 Å². The number of primary amides is 1. The maximum Gasteiger partial charge on any atom is 0.338 e. The first-order valence-corrected chi connectivity index (χ1v) is 5.85. The molecule has 3 N–H and O–H groups in total. The molecule has 0 saturated heterocycles. The summed E-state index contributed by atoms with van der Waals surface area (Å²) in [4.78, 5) is 11.9. The average molecular weight is 226 g/mol. The number of nitrogens with two attached hydrogens (primary N) is 1. The summed E-state index contributed by atoms with van der Waals surface area (Å²) in [7, 11) is 0. The van der Waals surface area contributed by atoms with Crippen LogP contribution in [0, 0.1) is 5.92 Å². The minimum absolute atomic E-state index is 0.335. The van der Waals surface area contributed by atoms with Crippen LogP contribution >= 0.6 is 11.3 Å². The minimum Gasteiger partial charge on any atom is -0.350 e. The van der Waals surface area contributed by atoms with Crippen LogP contribution in [0.15, 0.2) is 17.5 Å². The predicted octanol–water partition coefficient (Wildman–Crippen LogP) is 2.01. The summed E-state index contributed by atoms with van der Waals surface area (Å²) in [5.41, 5.74) is 4.91. The van der Waals surface area contributed by atoms with Crippen LogP contribution in [0.4, 0.5) is 4.79 Å². The van der Waals surface area contributed by atoms with Crippen LogP contribution in [0.25, 0.3) is 0 Å². The van der Waals surface area contributed by atoms with E-state index >= 15 is 0 Å². The third-order valence-corrected chi connectivity index (χ3v) is 3.80. The molecule has 1 fully saturated rings. The Morgan fingerprint density at radius 3 is 3.13 bits per heavy atom. The van der Waals surface area contributed by atoms with Crippen LogP contribution < -0.4 is 5.73 Å². The molecule has 82 valence electrons. The number of carbonyl (C=O) groups is 1. The fourth-order valence-corrected chi connectivity index (χ4v) is 2.75. The second-order valence-electron chi connectivity index (χ2n) is 3.87. The predicted molar refractivity (Wildman–Crippen MR) is 57.9 cm³/mol. The van der Waals surface area contributed by atoms with E-state index in [0.29, 0.717) is 23.4 Å². The van der Waals surface area contributed by atoms with E-state index in [2.05, 4.69) is 17.5 Å². The second kappa shape index (κ2) is 4.20. The zero-order chi connectivity index (χ0) is 10.8. The molecule has 2 atom stereocenters. The van der Waals surface area contributed by atoms with E-state index in [9.17, 15) is 4.79 Å². The van der Waals surface area contributed by atoms with E-state index in [0.717, 1.165) is 12.8 Å². The summed E-state index contributed by atoms with van der Waals surface area (Å²) in [6, 6.07) is 3.42. The molecule has 2 rings (SSSR count). The molecule has 2 unspecified atom stereocenters. The zero-order valence-corrected chi connectivity index (χ0v) is 9.11. The molecule has 0 radical (unpaired) electrons. The Bertz CT molecular complexity index is 339. The largest absolute Gasteiger partial charge is 0.350 e. The monoisotopic (exact) mass is 226 g/mol. The van der Waals surface area contributed by atoms with Crippen LogP contribution in [-0.2, 0) is 0 Å². The molecule has 0 aliphatic heterocycles. The molecular formula is C10H14N2O2S. The number of hydrogen-bond acceptors (Lipinski definition) is 3. The van der Waals surface area contributed by atoms with E-state index in [4.69, 9.17) is 10.9 Å². The fourth-order valence-electron chi connectivity index (χ4n) is 1.82. The Kier molecular flexibility index (Phi) is 2.93. The quantitative estimate of drug-likeness (QED) is 0.609. The third-order valence-electron chi connectivity index (χ3n) is 2.80. The number of hydrogen-bond donors (Lipinski definition) is 2. The van der Waals surface area contributed by atoms with Crippen molar-refractivity contribution in [1.29, 1.82) is 0 Å². The Balaban J connectivity index is 1.74. The van der Waals surface area contributed by atoms with Gasteiger partial charge in [0, 0.05) is 4.88 Å². The maximum atomic E-state index is 10.5.